The molecule has 0 bridgehead atoms. The van der Waals surface area contributed by atoms with Crippen molar-refractivity contribution in [2.75, 3.05) is 5.32 Å². The third-order valence-corrected chi connectivity index (χ3v) is 4.80. The minimum Gasteiger partial charge on any atom is -0.481 e. The predicted molar refractivity (Wildman–Crippen MR) is 103 cm³/mol. The van der Waals surface area contributed by atoms with Gasteiger partial charge in [0.2, 0.25) is 0 Å². The van der Waals surface area contributed by atoms with Crippen LogP contribution in [0.1, 0.15) is 54.6 Å². The highest BCUT2D eigenvalue weighted by atomic mass is 16.5. The Labute approximate surface area is 154 Å². The molecule has 0 saturated carbocycles. The van der Waals surface area contributed by atoms with Gasteiger partial charge in [0, 0.05) is 11.3 Å². The van der Waals surface area contributed by atoms with Gasteiger partial charge in [0.25, 0.3) is 5.91 Å². The Balaban J connectivity index is 1.69. The van der Waals surface area contributed by atoms with Crippen LogP contribution in [0.2, 0.25) is 0 Å². The normalized spacial score (nSPS) is 14.2. The molecule has 1 aliphatic carbocycles. The Hall–Kier alpha value is -2.62. The van der Waals surface area contributed by atoms with Gasteiger partial charge in [-0.2, -0.15) is 0 Å². The van der Waals surface area contributed by atoms with Crippen LogP contribution >= 0.6 is 0 Å². The van der Waals surface area contributed by atoms with E-state index in [-0.39, 0.29) is 11.7 Å². The van der Waals surface area contributed by atoms with Gasteiger partial charge >= 0.3 is 0 Å². The summed E-state index contributed by atoms with van der Waals surface area (Å²) in [6.45, 7) is 3.43. The van der Waals surface area contributed by atoms with Crippen LogP contribution in [0, 0.1) is 0 Å². The minimum absolute atomic E-state index is 0.0292. The van der Waals surface area contributed by atoms with Crippen molar-refractivity contribution in [2.24, 2.45) is 0 Å². The second-order valence-corrected chi connectivity index (χ2v) is 6.78. The number of Topliss-reactive ketones (excluding diaryl/α,β-unsaturated/α-hetero) is 1. The lowest BCUT2D eigenvalue weighted by molar-refractivity contribution is -0.122. The molecule has 1 atom stereocenters. The van der Waals surface area contributed by atoms with Crippen LogP contribution in [0.25, 0.3) is 0 Å². The number of hydrogen-bond donors (Lipinski definition) is 1. The Morgan fingerprint density at radius 1 is 1.08 bits per heavy atom. The first-order valence-corrected chi connectivity index (χ1v) is 9.27. The maximum atomic E-state index is 12.6. The summed E-state index contributed by atoms with van der Waals surface area (Å²) in [4.78, 5) is 24.1. The van der Waals surface area contributed by atoms with E-state index in [0.717, 1.165) is 18.6 Å². The topological polar surface area (TPSA) is 55.4 Å². The molecule has 1 N–H and O–H groups in total. The standard InChI is InChI=1S/C22H25NO3/c1-3-21(22(25)23-19-10-6-9-17(13-19)15(2)24)26-20-12-11-16-7-4-5-8-18(16)14-20/h6,9-14,21H,3-5,7-8H2,1-2H3,(H,23,25). The zero-order chi connectivity index (χ0) is 18.5. The van der Waals surface area contributed by atoms with Gasteiger partial charge in [0.05, 0.1) is 0 Å². The van der Waals surface area contributed by atoms with E-state index in [9.17, 15) is 9.59 Å². The number of ketones is 1. The molecule has 2 aromatic carbocycles. The van der Waals surface area contributed by atoms with Gasteiger partial charge in [-0.3, -0.25) is 9.59 Å². The number of rotatable bonds is 6. The second-order valence-electron chi connectivity index (χ2n) is 6.78. The Morgan fingerprint density at radius 3 is 2.58 bits per heavy atom. The van der Waals surface area contributed by atoms with Gasteiger partial charge < -0.3 is 10.1 Å². The molecule has 0 radical (unpaired) electrons. The van der Waals surface area contributed by atoms with Gasteiger partial charge in [-0.1, -0.05) is 25.1 Å². The van der Waals surface area contributed by atoms with Crippen molar-refractivity contribution in [3.05, 3.63) is 59.2 Å². The molecule has 4 heteroatoms. The highest BCUT2D eigenvalue weighted by Gasteiger charge is 2.20. The van der Waals surface area contributed by atoms with E-state index in [2.05, 4.69) is 17.4 Å². The minimum atomic E-state index is -0.572. The van der Waals surface area contributed by atoms with Crippen LogP contribution in [0.5, 0.6) is 5.75 Å². The van der Waals surface area contributed by atoms with Crippen molar-refractivity contribution in [2.45, 2.75) is 52.1 Å². The number of amides is 1. The highest BCUT2D eigenvalue weighted by Crippen LogP contribution is 2.26. The number of hydrogen-bond acceptors (Lipinski definition) is 3. The van der Waals surface area contributed by atoms with E-state index in [1.807, 2.05) is 13.0 Å². The van der Waals surface area contributed by atoms with Gasteiger partial charge in [0.1, 0.15) is 5.75 Å². The Morgan fingerprint density at radius 2 is 1.85 bits per heavy atom. The molecule has 2 aromatic rings. The summed E-state index contributed by atoms with van der Waals surface area (Å²) in [6.07, 6.45) is 4.65. The van der Waals surface area contributed by atoms with Gasteiger partial charge in [-0.25, -0.2) is 0 Å². The average Bonchev–Trinajstić information content (AvgIpc) is 2.66. The van der Waals surface area contributed by atoms with Crippen LogP contribution in [0.15, 0.2) is 42.5 Å². The summed E-state index contributed by atoms with van der Waals surface area (Å²) in [7, 11) is 0. The van der Waals surface area contributed by atoms with Crippen molar-refractivity contribution < 1.29 is 14.3 Å². The third-order valence-electron chi connectivity index (χ3n) is 4.80. The quantitative estimate of drug-likeness (QED) is 0.776. The molecule has 1 unspecified atom stereocenters. The summed E-state index contributed by atoms with van der Waals surface area (Å²) < 4.78 is 5.96. The molecular weight excluding hydrogens is 326 g/mol. The lowest BCUT2D eigenvalue weighted by Gasteiger charge is -2.20. The molecule has 136 valence electrons. The fourth-order valence-corrected chi connectivity index (χ4v) is 3.31. The fraction of sp³-hybridized carbons (Fsp3) is 0.364. The number of anilines is 1. The number of benzene rings is 2. The zero-order valence-corrected chi connectivity index (χ0v) is 15.4. The molecule has 0 fully saturated rings. The largest absolute Gasteiger partial charge is 0.481 e. The summed E-state index contributed by atoms with van der Waals surface area (Å²) >= 11 is 0. The molecule has 0 saturated heterocycles. The lowest BCUT2D eigenvalue weighted by atomic mass is 9.92. The second kappa shape index (κ2) is 8.17. The van der Waals surface area contributed by atoms with Crippen LogP contribution in [-0.2, 0) is 17.6 Å². The number of carbonyl (C=O) groups excluding carboxylic acids is 2. The average molecular weight is 351 g/mol. The van der Waals surface area contributed by atoms with Gasteiger partial charge in [-0.05, 0) is 74.4 Å². The summed E-state index contributed by atoms with van der Waals surface area (Å²) in [6, 6.07) is 13.1. The zero-order valence-electron chi connectivity index (χ0n) is 15.4. The monoisotopic (exact) mass is 351 g/mol. The molecule has 3 rings (SSSR count). The molecule has 0 heterocycles. The molecular formula is C22H25NO3. The first-order valence-electron chi connectivity index (χ1n) is 9.27. The SMILES string of the molecule is CCC(Oc1ccc2c(c1)CCCC2)C(=O)Nc1cccc(C(C)=O)c1. The van der Waals surface area contributed by atoms with Crippen molar-refractivity contribution in [1.29, 1.82) is 0 Å². The van der Waals surface area contributed by atoms with Crippen molar-refractivity contribution in [3.63, 3.8) is 0 Å². The van der Waals surface area contributed by atoms with Crippen LogP contribution in [-0.4, -0.2) is 17.8 Å². The highest BCUT2D eigenvalue weighted by molar-refractivity contribution is 5.98. The number of fused-ring (bicyclic) bond motifs is 1. The maximum absolute atomic E-state index is 12.6. The van der Waals surface area contributed by atoms with Crippen LogP contribution in [0.4, 0.5) is 5.69 Å². The van der Waals surface area contributed by atoms with Crippen molar-refractivity contribution >= 4 is 17.4 Å². The van der Waals surface area contributed by atoms with Gasteiger partial charge in [0.15, 0.2) is 11.9 Å². The van der Waals surface area contributed by atoms with E-state index in [1.54, 1.807) is 24.3 Å². The van der Waals surface area contributed by atoms with Crippen LogP contribution < -0.4 is 10.1 Å². The molecule has 0 aliphatic heterocycles. The number of aryl methyl sites for hydroxylation is 2. The van der Waals surface area contributed by atoms with E-state index in [1.165, 1.54) is 30.9 Å². The fourth-order valence-electron chi connectivity index (χ4n) is 3.31. The first-order chi connectivity index (χ1) is 12.6. The van der Waals surface area contributed by atoms with E-state index in [0.29, 0.717) is 17.7 Å². The summed E-state index contributed by atoms with van der Waals surface area (Å²) in [5.74, 6) is 0.509. The van der Waals surface area contributed by atoms with Crippen molar-refractivity contribution in [3.8, 4) is 5.75 Å². The maximum Gasteiger partial charge on any atom is 0.265 e. The van der Waals surface area contributed by atoms with Crippen LogP contribution in [0.3, 0.4) is 0 Å². The molecule has 0 aromatic heterocycles. The molecule has 4 nitrogen and oxygen atoms in total. The smallest absolute Gasteiger partial charge is 0.265 e. The van der Waals surface area contributed by atoms with Crippen molar-refractivity contribution in [1.82, 2.24) is 0 Å². The Kier molecular flexibility index (Phi) is 5.71. The van der Waals surface area contributed by atoms with E-state index >= 15 is 0 Å². The predicted octanol–water partition coefficient (Wildman–Crippen LogP) is 4.56. The van der Waals surface area contributed by atoms with E-state index < -0.39 is 6.10 Å². The summed E-state index contributed by atoms with van der Waals surface area (Å²) in [5, 5.41) is 2.85. The molecule has 26 heavy (non-hydrogen) atoms. The number of carbonyl (C=O) groups is 2. The number of nitrogens with one attached hydrogen (secondary N) is 1. The molecule has 0 spiro atoms. The van der Waals surface area contributed by atoms with E-state index in [4.69, 9.17) is 4.74 Å². The van der Waals surface area contributed by atoms with Gasteiger partial charge in [-0.15, -0.1) is 0 Å². The Bertz CT molecular complexity index is 813. The first kappa shape index (κ1) is 18.2. The number of ether oxygens (including phenoxy) is 1. The molecule has 1 amide bonds. The lowest BCUT2D eigenvalue weighted by Crippen LogP contribution is -2.32. The summed E-state index contributed by atoms with van der Waals surface area (Å²) in [5.41, 5.74) is 3.90. The third kappa shape index (κ3) is 4.31. The molecule has 1 aliphatic rings.